The summed E-state index contributed by atoms with van der Waals surface area (Å²) in [4.78, 5) is 20.5. The first kappa shape index (κ1) is 39.2. The van der Waals surface area contributed by atoms with Gasteiger partial charge in [-0.3, -0.25) is 9.78 Å². The number of carbonyl (C=O) groups is 1. The molecule has 0 aliphatic carbocycles. The zero-order valence-electron chi connectivity index (χ0n) is 30.5. The van der Waals surface area contributed by atoms with E-state index in [2.05, 4.69) is 26.2 Å². The lowest BCUT2D eigenvalue weighted by atomic mass is 9.82. The molecule has 0 spiro atoms. The molecule has 1 amide bonds. The minimum atomic E-state index is -3.15. The molecular weight excluding hydrogens is 784 g/mol. The molecule has 4 unspecified atom stereocenters. The van der Waals surface area contributed by atoms with Crippen molar-refractivity contribution in [1.29, 1.82) is 0 Å². The number of nitrogens with one attached hydrogen (secondary N) is 1. The van der Waals surface area contributed by atoms with Crippen LogP contribution in [-0.2, 0) is 28.2 Å². The van der Waals surface area contributed by atoms with Gasteiger partial charge in [-0.25, -0.2) is 8.78 Å². The predicted octanol–water partition coefficient (Wildman–Crippen LogP) is 6.79. The lowest BCUT2D eigenvalue weighted by molar-refractivity contribution is -0.0174. The van der Waals surface area contributed by atoms with Crippen LogP contribution in [0.5, 0.6) is 0 Å². The Balaban J connectivity index is 0.000000215. The van der Waals surface area contributed by atoms with Gasteiger partial charge in [-0.05, 0) is 77.2 Å². The maximum atomic E-state index is 15.6. The van der Waals surface area contributed by atoms with Crippen molar-refractivity contribution in [2.24, 2.45) is 0 Å². The highest BCUT2D eigenvalue weighted by molar-refractivity contribution is 9.10. The van der Waals surface area contributed by atoms with Crippen molar-refractivity contribution in [3.05, 3.63) is 105 Å². The van der Waals surface area contributed by atoms with Gasteiger partial charge in [0.15, 0.2) is 11.3 Å². The van der Waals surface area contributed by atoms with Gasteiger partial charge < -0.3 is 34.8 Å². The van der Waals surface area contributed by atoms with E-state index in [4.69, 9.17) is 9.47 Å². The number of alkyl halides is 4. The number of nitrogens with zero attached hydrogens (tertiary/aromatic N) is 3. The summed E-state index contributed by atoms with van der Waals surface area (Å²) < 4.78 is 69.6. The second kappa shape index (κ2) is 15.5. The number of morpholine rings is 2. The van der Waals surface area contributed by atoms with Gasteiger partial charge in [-0.1, -0.05) is 40.2 Å². The Hall–Kier alpha value is -4.08. The van der Waals surface area contributed by atoms with Crippen LogP contribution in [0.2, 0.25) is 0 Å². The highest BCUT2D eigenvalue weighted by Crippen LogP contribution is 2.43. The predicted molar refractivity (Wildman–Crippen MR) is 206 cm³/mol. The van der Waals surface area contributed by atoms with E-state index in [9.17, 15) is 28.2 Å². The Morgan fingerprint density at radius 3 is 2.09 bits per heavy atom. The summed E-state index contributed by atoms with van der Waals surface area (Å²) in [6.45, 7) is 4.46. The highest BCUT2D eigenvalue weighted by atomic mass is 79.9. The van der Waals surface area contributed by atoms with Crippen LogP contribution in [0.15, 0.2) is 77.4 Å². The number of aryl methyl sites for hydroxylation is 1. The number of hydrogen-bond donors (Lipinski definition) is 3. The number of anilines is 3. The summed E-state index contributed by atoms with van der Waals surface area (Å²) in [7, 11) is 0. The number of pyridine rings is 1. The number of aliphatic hydroxyl groups excluding tert-OH is 2. The first-order valence-electron chi connectivity index (χ1n) is 18.2. The number of amides is 1. The number of rotatable bonds is 6. The fourth-order valence-electron chi connectivity index (χ4n) is 7.96. The van der Waals surface area contributed by atoms with Crippen LogP contribution >= 0.6 is 15.9 Å². The van der Waals surface area contributed by atoms with Gasteiger partial charge in [0, 0.05) is 66.2 Å². The Labute approximate surface area is 325 Å². The summed E-state index contributed by atoms with van der Waals surface area (Å²) >= 11 is 3.45. The maximum absolute atomic E-state index is 15.6. The SMILES string of the molecule is Cc1ccc(NC(=O)c2ccnc(C(C)(F)F)c2)cc1-c1ccc2c(c1)N1CCOCC1C(F)(CO)C2.OCC1(F)Cc2ccc(Br)cc2N2CCOCC21. The van der Waals surface area contributed by atoms with Crippen LogP contribution in [-0.4, -0.2) is 97.3 Å². The third kappa shape index (κ3) is 7.84. The molecule has 4 aromatic rings. The number of carbonyl (C=O) groups excluding carboxylic acids is 1. The van der Waals surface area contributed by atoms with E-state index < -0.39 is 54.2 Å². The molecule has 8 rings (SSSR count). The maximum Gasteiger partial charge on any atom is 0.286 e. The van der Waals surface area contributed by atoms with Gasteiger partial charge >= 0.3 is 0 Å². The number of aromatic nitrogens is 1. The molecular formula is C41H43BrF4N4O5. The minimum absolute atomic E-state index is 0.0828. The number of benzene rings is 3. The van der Waals surface area contributed by atoms with Crippen LogP contribution < -0.4 is 15.1 Å². The van der Waals surface area contributed by atoms with Gasteiger partial charge in [0.2, 0.25) is 0 Å². The van der Waals surface area contributed by atoms with Crippen molar-refractivity contribution in [2.45, 2.75) is 56.0 Å². The van der Waals surface area contributed by atoms with E-state index in [-0.39, 0.29) is 25.0 Å². The van der Waals surface area contributed by atoms with Crippen LogP contribution in [0.3, 0.4) is 0 Å². The molecule has 3 N–H and O–H groups in total. The monoisotopic (exact) mass is 826 g/mol. The quantitative estimate of drug-likeness (QED) is 0.183. The van der Waals surface area contributed by atoms with Crippen LogP contribution in [0.25, 0.3) is 11.1 Å². The Bertz CT molecular complexity index is 2070. The largest absolute Gasteiger partial charge is 0.393 e. The van der Waals surface area contributed by atoms with Crippen molar-refractivity contribution < 1.29 is 42.0 Å². The van der Waals surface area contributed by atoms with Gasteiger partial charge in [-0.15, -0.1) is 0 Å². The highest BCUT2D eigenvalue weighted by Gasteiger charge is 2.49. The zero-order chi connectivity index (χ0) is 39.1. The number of fused-ring (bicyclic) bond motifs is 6. The third-order valence-electron chi connectivity index (χ3n) is 11.0. The number of halogens is 5. The lowest BCUT2D eigenvalue weighted by Crippen LogP contribution is -2.62. The Morgan fingerprint density at radius 1 is 0.891 bits per heavy atom. The van der Waals surface area contributed by atoms with Crippen molar-refractivity contribution in [2.75, 3.05) is 67.8 Å². The molecule has 4 atom stereocenters. The third-order valence-corrected chi connectivity index (χ3v) is 11.5. The molecule has 1 aromatic heterocycles. The zero-order valence-corrected chi connectivity index (χ0v) is 32.1. The molecule has 4 aliphatic heterocycles. The summed E-state index contributed by atoms with van der Waals surface area (Å²) in [6.07, 6.45) is 1.54. The van der Waals surface area contributed by atoms with Gasteiger partial charge in [0.05, 0.1) is 51.7 Å². The van der Waals surface area contributed by atoms with Gasteiger partial charge in [0.25, 0.3) is 11.8 Å². The van der Waals surface area contributed by atoms with Crippen LogP contribution in [0.1, 0.15) is 39.7 Å². The number of hydrogen-bond acceptors (Lipinski definition) is 8. The molecule has 14 heteroatoms. The second-order valence-electron chi connectivity index (χ2n) is 14.7. The lowest BCUT2D eigenvalue weighted by Gasteiger charge is -2.48. The molecule has 5 heterocycles. The van der Waals surface area contributed by atoms with Gasteiger partial charge in [-0.2, -0.15) is 8.78 Å². The summed E-state index contributed by atoms with van der Waals surface area (Å²) in [5.74, 6) is -3.68. The molecule has 9 nitrogen and oxygen atoms in total. The van der Waals surface area contributed by atoms with Crippen LogP contribution in [0.4, 0.5) is 34.6 Å². The molecule has 0 radical (unpaired) electrons. The number of ether oxygens (including phenoxy) is 2. The average molecular weight is 828 g/mol. The molecule has 0 bridgehead atoms. The summed E-state index contributed by atoms with van der Waals surface area (Å²) in [6, 6.07) is 18.6. The summed E-state index contributed by atoms with van der Waals surface area (Å²) in [5, 5.41) is 22.0. The van der Waals surface area contributed by atoms with E-state index in [0.29, 0.717) is 38.6 Å². The first-order chi connectivity index (χ1) is 26.2. The summed E-state index contributed by atoms with van der Waals surface area (Å²) in [5.41, 5.74) is 3.21. The average Bonchev–Trinajstić information content (AvgIpc) is 3.19. The molecule has 55 heavy (non-hydrogen) atoms. The number of aliphatic hydroxyl groups is 2. The minimum Gasteiger partial charge on any atom is -0.393 e. The fraction of sp³-hybridized carbons (Fsp3) is 0.415. The molecule has 292 valence electrons. The normalized spacial score (nSPS) is 24.4. The van der Waals surface area contributed by atoms with E-state index in [0.717, 1.165) is 56.7 Å². The van der Waals surface area contributed by atoms with E-state index in [1.807, 2.05) is 65.3 Å². The fourth-order valence-corrected chi connectivity index (χ4v) is 8.31. The van der Waals surface area contributed by atoms with Crippen LogP contribution in [0, 0.1) is 6.92 Å². The smallest absolute Gasteiger partial charge is 0.286 e. The second-order valence-corrected chi connectivity index (χ2v) is 15.6. The molecule has 0 saturated carbocycles. The van der Waals surface area contributed by atoms with Crippen molar-refractivity contribution in [3.8, 4) is 11.1 Å². The molecule has 2 saturated heterocycles. The van der Waals surface area contributed by atoms with E-state index in [1.54, 1.807) is 6.07 Å². The first-order valence-corrected chi connectivity index (χ1v) is 19.0. The van der Waals surface area contributed by atoms with Crippen molar-refractivity contribution >= 4 is 38.9 Å². The van der Waals surface area contributed by atoms with Gasteiger partial charge in [0.1, 0.15) is 5.69 Å². The Morgan fingerprint density at radius 2 is 1.49 bits per heavy atom. The van der Waals surface area contributed by atoms with E-state index >= 15 is 4.39 Å². The standard InChI is InChI=1S/C28H28F3N3O3.C13H15BrFNO2/c1-17-3-6-21(33-26(36)19-7-8-32-24(12-19)27(2,29)30)13-22(17)18-4-5-20-14-28(31,16-35)25-15-37-10-9-34(25)23(20)11-18;14-10-2-1-9-6-13(15,8-17)12-7-18-4-3-16(12)11(9)5-10/h3-8,11-13,25,35H,9-10,14-16H2,1-2H3,(H,33,36);1-2,5,12,17H,3-4,6-8H2. The topological polar surface area (TPSA) is 107 Å². The van der Waals surface area contributed by atoms with E-state index in [1.165, 1.54) is 12.3 Å². The van der Waals surface area contributed by atoms with Crippen molar-refractivity contribution in [1.82, 2.24) is 4.98 Å². The van der Waals surface area contributed by atoms with Crippen molar-refractivity contribution in [3.63, 3.8) is 0 Å². The molecule has 3 aromatic carbocycles. The molecule has 2 fully saturated rings. The Kier molecular flexibility index (Phi) is 11.0. The molecule has 4 aliphatic rings.